The van der Waals surface area contributed by atoms with Crippen molar-refractivity contribution in [3.8, 4) is 0 Å². The summed E-state index contributed by atoms with van der Waals surface area (Å²) in [7, 11) is 0. The van der Waals surface area contributed by atoms with E-state index >= 15 is 0 Å². The fraction of sp³-hybridized carbons (Fsp3) is 0.619. The first kappa shape index (κ1) is 23.7. The predicted octanol–water partition coefficient (Wildman–Crippen LogP) is 4.67. The summed E-state index contributed by atoms with van der Waals surface area (Å²) in [5.41, 5.74) is 0.725. The Bertz CT molecular complexity index is 966. The average Bonchev–Trinajstić information content (AvgIpc) is 3.18. The summed E-state index contributed by atoms with van der Waals surface area (Å²) in [6.07, 6.45) is 1.87. The number of halogens is 5. The maximum absolute atomic E-state index is 13.1. The van der Waals surface area contributed by atoms with Gasteiger partial charge in [-0.2, -0.15) is 0 Å². The van der Waals surface area contributed by atoms with Gasteiger partial charge in [0.05, 0.1) is 5.92 Å². The highest BCUT2D eigenvalue weighted by Gasteiger charge is 2.61. The molecular formula is C21H24Cl5N3O2. The van der Waals surface area contributed by atoms with Crippen LogP contribution in [0.3, 0.4) is 0 Å². The van der Waals surface area contributed by atoms with Gasteiger partial charge in [-0.15, -0.1) is 0 Å². The Hall–Kier alpha value is -0.430. The van der Waals surface area contributed by atoms with Gasteiger partial charge in [0.25, 0.3) is 5.56 Å². The topological polar surface area (TPSA) is 54.3 Å². The summed E-state index contributed by atoms with van der Waals surface area (Å²) in [4.78, 5) is 27.4. The van der Waals surface area contributed by atoms with Gasteiger partial charge in [-0.05, 0) is 35.8 Å². The highest BCUT2D eigenvalue weighted by atomic mass is 35.6. The van der Waals surface area contributed by atoms with E-state index in [9.17, 15) is 9.59 Å². The summed E-state index contributed by atoms with van der Waals surface area (Å²) in [6, 6.07) is 5.35. The van der Waals surface area contributed by atoms with E-state index in [1.807, 2.05) is 29.4 Å². The third-order valence-electron chi connectivity index (χ3n) is 6.96. The normalized spacial score (nSPS) is 30.2. The molecule has 5 nitrogen and oxygen atoms in total. The molecule has 2 bridgehead atoms. The van der Waals surface area contributed by atoms with Gasteiger partial charge in [0.2, 0.25) is 9.70 Å². The molecule has 2 fully saturated rings. The molecule has 1 N–H and O–H groups in total. The minimum atomic E-state index is -1.72. The Morgan fingerprint density at radius 3 is 2.58 bits per heavy atom. The molecule has 1 saturated carbocycles. The van der Waals surface area contributed by atoms with Crippen LogP contribution in [0, 0.1) is 23.2 Å². The molecule has 1 aromatic heterocycles. The van der Waals surface area contributed by atoms with Crippen LogP contribution in [0.4, 0.5) is 0 Å². The molecule has 170 valence electrons. The van der Waals surface area contributed by atoms with Crippen LogP contribution in [0.25, 0.3) is 0 Å². The van der Waals surface area contributed by atoms with Gasteiger partial charge >= 0.3 is 0 Å². The van der Waals surface area contributed by atoms with E-state index < -0.39 is 9.96 Å². The lowest BCUT2D eigenvalue weighted by Crippen LogP contribution is -2.60. The van der Waals surface area contributed by atoms with Crippen molar-refractivity contribution in [2.24, 2.45) is 23.2 Å². The van der Waals surface area contributed by atoms with Crippen LogP contribution in [0.5, 0.6) is 0 Å². The van der Waals surface area contributed by atoms with E-state index in [1.54, 1.807) is 18.2 Å². The monoisotopic (exact) mass is 525 g/mol. The fourth-order valence-electron chi connectivity index (χ4n) is 5.37. The molecule has 1 aliphatic carbocycles. The molecule has 4 rings (SSSR count). The highest BCUT2D eigenvalue weighted by Crippen LogP contribution is 2.60. The number of allylic oxidation sites excluding steroid dienone is 1. The van der Waals surface area contributed by atoms with Gasteiger partial charge in [0, 0.05) is 37.3 Å². The zero-order chi connectivity index (χ0) is 22.7. The van der Waals surface area contributed by atoms with Crippen LogP contribution < -0.4 is 10.9 Å². The van der Waals surface area contributed by atoms with Crippen LogP contribution in [-0.4, -0.2) is 38.4 Å². The van der Waals surface area contributed by atoms with Crippen molar-refractivity contribution >= 4 is 63.9 Å². The highest BCUT2D eigenvalue weighted by molar-refractivity contribution is 6.68. The summed E-state index contributed by atoms with van der Waals surface area (Å²) < 4.78 is 0.272. The van der Waals surface area contributed by atoms with Gasteiger partial charge < -0.3 is 9.88 Å². The number of likely N-dealkylation sites (tertiary alicyclic amines) is 1. The molecule has 0 unspecified atom stereocenters. The Balaban J connectivity index is 1.54. The molecule has 1 amide bonds. The Labute approximate surface area is 206 Å². The number of nitrogens with one attached hydrogen (secondary N) is 1. The number of pyridine rings is 1. The van der Waals surface area contributed by atoms with Gasteiger partial charge in [-0.25, -0.2) is 0 Å². The van der Waals surface area contributed by atoms with E-state index in [0.717, 1.165) is 12.1 Å². The molecular weight excluding hydrogens is 504 g/mol. The number of hydrogen-bond acceptors (Lipinski definition) is 3. The number of nitrogens with zero attached hydrogens (tertiary/aromatic N) is 2. The number of alkyl halides is 3. The Morgan fingerprint density at radius 2 is 1.94 bits per heavy atom. The Kier molecular flexibility index (Phi) is 6.44. The molecule has 0 spiro atoms. The van der Waals surface area contributed by atoms with Crippen LogP contribution >= 0.6 is 58.0 Å². The smallest absolute Gasteiger partial charge is 0.250 e. The largest absolute Gasteiger partial charge is 0.336 e. The van der Waals surface area contributed by atoms with Crippen molar-refractivity contribution in [2.45, 2.75) is 42.7 Å². The van der Waals surface area contributed by atoms with Gasteiger partial charge in [0.15, 0.2) is 0 Å². The Morgan fingerprint density at radius 1 is 1.23 bits per heavy atom. The van der Waals surface area contributed by atoms with E-state index in [2.05, 4.69) is 5.32 Å². The molecule has 3 heterocycles. The number of carbonyl (C=O) groups excluding carboxylic acids is 1. The first-order valence-corrected chi connectivity index (χ1v) is 12.1. The molecule has 10 heteroatoms. The van der Waals surface area contributed by atoms with Crippen molar-refractivity contribution in [1.29, 1.82) is 0 Å². The number of carbonyl (C=O) groups is 1. The predicted molar refractivity (Wildman–Crippen MR) is 126 cm³/mol. The summed E-state index contributed by atoms with van der Waals surface area (Å²) in [5.74, 6) is -0.201. The molecule has 5 atom stereocenters. The van der Waals surface area contributed by atoms with Crippen LogP contribution in [-0.2, 0) is 11.3 Å². The number of hydrogen-bond donors (Lipinski definition) is 1. The third-order valence-corrected chi connectivity index (χ3v) is 7.83. The van der Waals surface area contributed by atoms with Gasteiger partial charge in [-0.1, -0.05) is 77.9 Å². The van der Waals surface area contributed by atoms with E-state index in [-0.39, 0.29) is 45.0 Å². The summed E-state index contributed by atoms with van der Waals surface area (Å²) in [6.45, 7) is 5.81. The second-order valence-corrected chi connectivity index (χ2v) is 12.8. The number of fused-ring (bicyclic) bond motifs is 4. The van der Waals surface area contributed by atoms with Crippen LogP contribution in [0.1, 0.15) is 31.9 Å². The number of rotatable bonds is 4. The van der Waals surface area contributed by atoms with E-state index in [4.69, 9.17) is 58.0 Å². The first-order valence-electron chi connectivity index (χ1n) is 10.2. The maximum atomic E-state index is 13.1. The second kappa shape index (κ2) is 8.41. The minimum Gasteiger partial charge on any atom is -0.336 e. The van der Waals surface area contributed by atoms with Gasteiger partial charge in [-0.3, -0.25) is 14.5 Å². The SMILES string of the molecule is CC1(C)[C@H](C=C(Cl)Cl)[C@@H]1C(=O)N[C@@H](N1C[C@H]2C[C@H](C1)c1cccc(=O)n1C2)C(Cl)(Cl)Cl. The number of aromatic nitrogens is 1. The molecule has 31 heavy (non-hydrogen) atoms. The van der Waals surface area contributed by atoms with Crippen LogP contribution in [0.2, 0.25) is 0 Å². The molecule has 1 saturated heterocycles. The zero-order valence-corrected chi connectivity index (χ0v) is 20.9. The fourth-order valence-corrected chi connectivity index (χ4v) is 6.22. The molecule has 0 aromatic carbocycles. The standard InChI is InChI=1S/C21H24Cl5N3O2/c1-20(2)13(7-15(22)23)17(20)18(31)27-19(21(24,25)26)28-8-11-6-12(10-28)14-4-3-5-16(30)29(14)9-11/h3-5,7,11-13,17,19H,6,8-10H2,1-2H3,(H,27,31)/t11-,12-,13-,17-,19+/m1/s1. The average molecular weight is 528 g/mol. The maximum Gasteiger partial charge on any atom is 0.250 e. The van der Waals surface area contributed by atoms with Crippen molar-refractivity contribution in [3.05, 3.63) is 44.8 Å². The van der Waals surface area contributed by atoms with Crippen molar-refractivity contribution < 1.29 is 4.79 Å². The van der Waals surface area contributed by atoms with Gasteiger partial charge in [0.1, 0.15) is 10.7 Å². The van der Waals surface area contributed by atoms with Crippen molar-refractivity contribution in [1.82, 2.24) is 14.8 Å². The lowest BCUT2D eigenvalue weighted by molar-refractivity contribution is -0.125. The van der Waals surface area contributed by atoms with Crippen LogP contribution in [0.15, 0.2) is 33.6 Å². The number of piperidine rings is 1. The quantitative estimate of drug-likeness (QED) is 0.579. The second-order valence-electron chi connectivity index (χ2n) is 9.39. The third kappa shape index (κ3) is 4.64. The van der Waals surface area contributed by atoms with Crippen molar-refractivity contribution in [2.75, 3.05) is 13.1 Å². The van der Waals surface area contributed by atoms with E-state index in [1.165, 1.54) is 0 Å². The zero-order valence-electron chi connectivity index (χ0n) is 17.1. The molecule has 3 aliphatic rings. The lowest BCUT2D eigenvalue weighted by atomic mass is 9.83. The summed E-state index contributed by atoms with van der Waals surface area (Å²) >= 11 is 30.7. The minimum absolute atomic E-state index is 0.0138. The molecule has 0 radical (unpaired) electrons. The lowest BCUT2D eigenvalue weighted by Gasteiger charge is -2.47. The van der Waals surface area contributed by atoms with Crippen molar-refractivity contribution in [3.63, 3.8) is 0 Å². The molecule has 1 aromatic rings. The van der Waals surface area contributed by atoms with E-state index in [0.29, 0.717) is 19.6 Å². The first-order chi connectivity index (χ1) is 14.4. The molecule has 2 aliphatic heterocycles. The number of amides is 1. The summed E-state index contributed by atoms with van der Waals surface area (Å²) in [5, 5.41) is 2.98.